The van der Waals surface area contributed by atoms with Crippen molar-refractivity contribution in [2.75, 3.05) is 202 Å². The molecule has 2 aliphatic heterocycles. The molecule has 3 heterocycles. The highest BCUT2D eigenvalue weighted by Crippen LogP contribution is 2.40. The SMILES string of the molecule is CC(C)(C)OC(=O)N(CCCCCCO)Cc1ccc2c(c1)OCCOCCOCCOc1ccccc1OCCOCCOCCO2.CCCCCC(O)SCC(NC(=O)OC(C)(C)C)C(=O)OC.CCCCCC(O)n1nnc(C(=O)OCC)c1C(=O)OCC.COC(=O)C(CSCCO)NC(=O)OC(C)(C)C.O=C(O)CCCCC1CCSS1.OCCOCCOc1cccc2c(OCCOCCO)cccc12. The summed E-state index contributed by atoms with van der Waals surface area (Å²) < 4.78 is 104. The molecule has 44 heteroatoms. The first kappa shape index (κ1) is 133. The van der Waals surface area contributed by atoms with Crippen LogP contribution in [0, 0.1) is 0 Å². The number of carboxylic acids is 1. The fraction of sp³-hybridized carbons (Fsp3) is 0.686. The van der Waals surface area contributed by atoms with Crippen LogP contribution in [0.2, 0.25) is 0 Å². The van der Waals surface area contributed by atoms with E-state index in [-0.39, 0.29) is 62.9 Å². The highest BCUT2D eigenvalue weighted by molar-refractivity contribution is 8.77. The first-order valence-electron chi connectivity index (χ1n) is 49.9. The van der Waals surface area contributed by atoms with Gasteiger partial charge in [0.15, 0.2) is 28.7 Å². The van der Waals surface area contributed by atoms with Gasteiger partial charge in [0, 0.05) is 65.2 Å². The number of nitrogens with zero attached hydrogens (tertiary/aromatic N) is 4. The number of aliphatic hydroxyl groups excluding tert-OH is 6. The van der Waals surface area contributed by atoms with Crippen LogP contribution in [0.15, 0.2) is 78.9 Å². The van der Waals surface area contributed by atoms with Crippen molar-refractivity contribution in [1.82, 2.24) is 30.5 Å². The van der Waals surface area contributed by atoms with Crippen LogP contribution in [0.25, 0.3) is 10.8 Å². The summed E-state index contributed by atoms with van der Waals surface area (Å²) in [7, 11) is 6.43. The fourth-order valence-electron chi connectivity index (χ4n) is 12.7. The molecule has 5 unspecified atom stereocenters. The highest BCUT2D eigenvalue weighted by Gasteiger charge is 2.32. The number of fused-ring (bicyclic) bond motifs is 3. The van der Waals surface area contributed by atoms with Crippen molar-refractivity contribution in [3.63, 3.8) is 0 Å². The third kappa shape index (κ3) is 64.5. The minimum Gasteiger partial charge on any atom is -0.491 e. The maximum Gasteiger partial charge on any atom is 0.410 e. The van der Waals surface area contributed by atoms with Gasteiger partial charge >= 0.3 is 48.1 Å². The van der Waals surface area contributed by atoms with Crippen molar-refractivity contribution in [2.45, 2.75) is 252 Å². The van der Waals surface area contributed by atoms with Crippen LogP contribution in [0.1, 0.15) is 232 Å². The largest absolute Gasteiger partial charge is 0.491 e. The van der Waals surface area contributed by atoms with E-state index in [1.165, 1.54) is 56.3 Å². The van der Waals surface area contributed by atoms with Gasteiger partial charge in [0.1, 0.15) is 86.3 Å². The van der Waals surface area contributed by atoms with E-state index in [0.717, 1.165) is 115 Å². The summed E-state index contributed by atoms with van der Waals surface area (Å²) in [6.45, 7) is 31.8. The summed E-state index contributed by atoms with van der Waals surface area (Å²) in [5.74, 6) is 3.01. The maximum atomic E-state index is 13.1. The van der Waals surface area contributed by atoms with Crippen molar-refractivity contribution in [1.29, 1.82) is 0 Å². The Bertz CT molecular complexity index is 4260. The van der Waals surface area contributed by atoms with Gasteiger partial charge in [-0.25, -0.2) is 38.2 Å². The van der Waals surface area contributed by atoms with Crippen LogP contribution in [0.4, 0.5) is 14.4 Å². The molecule has 0 spiro atoms. The molecule has 3 amide bonds. The molecule has 146 heavy (non-hydrogen) atoms. The van der Waals surface area contributed by atoms with Gasteiger partial charge in [0.25, 0.3) is 0 Å². The number of hydrogen-bond acceptors (Lipinski definition) is 39. The number of aliphatic hydroxyl groups is 6. The summed E-state index contributed by atoms with van der Waals surface area (Å²) in [5.41, 5.74) is -1.97. The molecule has 4 aromatic carbocycles. The molecule has 5 atom stereocenters. The molecule has 0 saturated carbocycles. The number of unbranched alkanes of at least 4 members (excludes halogenated alkanes) is 8. The fourth-order valence-corrected chi connectivity index (χ4v) is 17.4. The Kier molecular flexibility index (Phi) is 74.8. The molecule has 832 valence electrons. The smallest absolute Gasteiger partial charge is 0.410 e. The Morgan fingerprint density at radius 2 is 1.01 bits per heavy atom. The molecular weight excluding hydrogens is 1980 g/mol. The van der Waals surface area contributed by atoms with Crippen LogP contribution >= 0.6 is 45.1 Å². The average molecular weight is 2150 g/mol. The third-order valence-electron chi connectivity index (χ3n) is 19.4. The van der Waals surface area contributed by atoms with Crippen molar-refractivity contribution < 1.29 is 164 Å². The number of aromatic nitrogens is 3. The molecular formula is C102H166N6O34S4. The van der Waals surface area contributed by atoms with Gasteiger partial charge in [0.2, 0.25) is 5.69 Å². The van der Waals surface area contributed by atoms with Crippen LogP contribution in [-0.4, -0.2) is 346 Å². The molecule has 5 aromatic rings. The van der Waals surface area contributed by atoms with E-state index < -0.39 is 82.6 Å². The molecule has 1 fully saturated rings. The van der Waals surface area contributed by atoms with Crippen molar-refractivity contribution in [3.05, 3.63) is 95.8 Å². The number of thioether (sulfide) groups is 2. The molecule has 0 radical (unpaired) electrons. The van der Waals surface area contributed by atoms with E-state index in [9.17, 15) is 48.6 Å². The number of alkyl carbamates (subject to hydrolysis) is 2. The van der Waals surface area contributed by atoms with Gasteiger partial charge in [-0.05, 0) is 169 Å². The standard InChI is InChI=1S/C36H55NO11.C18H24O6.C15H29NO5S.C14H23N3O5.C11H21NO5S.C8H14O2S2/c1-36(2,3)48-35(39)37(14-8-4-5-9-15-38)29-30-12-13-33-34(28-30)47-27-23-43-19-18-41-21-25-45-32-11-7-6-10-31(32)44-24-20-40-16-17-42-22-26-46-33;19-7-9-21-11-13-23-17-5-1-3-15-16(17)4-2-6-18(15)24-14-12-22-10-8-20;1-6-7-8-9-12(17)22-10-11(13(18)20-5)16-14(19)21-15(2,3)4;1-4-7-8-9-10(18)17-12(14(20)22-6-3)11(15-16-17)13(19)21-5-2;1-11(2,3)17-10(15)12-8(9(14)16-4)7-18-6-5-13;9-8(10)4-2-1-3-7-5-6-11-12-7/h6-7,10-13,28,38H,4-5,8-9,14-27,29H2,1-3H3;1-6,19-20H,7-14H2;11-12,17H,6-10H2,1-5H3,(H,16,19);10,18H,4-9H2,1-3H3;8,13H,5-7H2,1-4H3,(H,12,15);7H,1-6H2,(H,9,10). The zero-order valence-corrected chi connectivity index (χ0v) is 91.5. The number of aliphatic carboxylic acids is 1. The Morgan fingerprint density at radius 3 is 1.47 bits per heavy atom. The molecule has 7 rings (SSSR count). The van der Waals surface area contributed by atoms with Crippen LogP contribution in [-0.2, 0) is 82.5 Å². The van der Waals surface area contributed by atoms with Gasteiger partial charge < -0.3 is 141 Å². The number of carboxylic acid groups (broad SMARTS) is 1. The normalized spacial score (nSPS) is 14.5. The van der Waals surface area contributed by atoms with E-state index in [4.69, 9.17) is 106 Å². The van der Waals surface area contributed by atoms with E-state index in [1.54, 1.807) is 60.3 Å². The monoisotopic (exact) mass is 2150 g/mol. The Hall–Kier alpha value is -8.84. The minimum atomic E-state index is -1.04. The number of hydrogen-bond donors (Lipinski definition) is 9. The number of para-hydroxylation sites is 2. The number of methoxy groups -OCH3 is 2. The van der Waals surface area contributed by atoms with Gasteiger partial charge in [0.05, 0.1) is 132 Å². The average Bonchev–Trinajstić information content (AvgIpc) is 1.64. The topological polar surface area (TPSA) is 512 Å². The van der Waals surface area contributed by atoms with Crippen molar-refractivity contribution in [2.24, 2.45) is 0 Å². The predicted molar refractivity (Wildman–Crippen MR) is 560 cm³/mol. The maximum absolute atomic E-state index is 13.1. The first-order chi connectivity index (χ1) is 70.1. The lowest BCUT2D eigenvalue weighted by molar-refractivity contribution is -0.143. The number of ether oxygens (including phenoxy) is 19. The number of nitrogens with one attached hydrogen (secondary N) is 2. The molecule has 0 aliphatic carbocycles. The summed E-state index contributed by atoms with van der Waals surface area (Å²) in [5, 5.41) is 78.6. The third-order valence-corrected chi connectivity index (χ3v) is 24.6. The second-order valence-electron chi connectivity index (χ2n) is 35.2. The Labute approximate surface area is 877 Å². The van der Waals surface area contributed by atoms with Crippen LogP contribution in [0.5, 0.6) is 34.5 Å². The van der Waals surface area contributed by atoms with Gasteiger partial charge in [-0.1, -0.05) is 134 Å². The summed E-state index contributed by atoms with van der Waals surface area (Å²) in [6.07, 6.45) is 12.3. The second-order valence-corrected chi connectivity index (χ2v) is 40.4. The van der Waals surface area contributed by atoms with Gasteiger partial charge in [-0.3, -0.25) is 4.79 Å². The Balaban J connectivity index is 0.000000629. The molecule has 9 N–H and O–H groups in total. The zero-order chi connectivity index (χ0) is 108. The number of benzene rings is 4. The second kappa shape index (κ2) is 82.0. The predicted octanol–water partition coefficient (Wildman–Crippen LogP) is 14.8. The number of rotatable bonds is 49. The zero-order valence-electron chi connectivity index (χ0n) is 88.2. The molecule has 2 aliphatic rings. The van der Waals surface area contributed by atoms with Gasteiger partial charge in [-0.2, -0.15) is 11.8 Å². The van der Waals surface area contributed by atoms with Crippen molar-refractivity contribution >= 4 is 104 Å². The number of carbonyl (C=O) groups excluding carboxylic acids is 7. The quantitative estimate of drug-likeness (QED) is 0.00574. The summed E-state index contributed by atoms with van der Waals surface area (Å²) >= 11 is 2.57. The first-order valence-corrected chi connectivity index (χ1v) is 54.5. The van der Waals surface area contributed by atoms with Crippen LogP contribution in [0.3, 0.4) is 0 Å². The Morgan fingerprint density at radius 1 is 0.521 bits per heavy atom. The number of carbonyl (C=O) groups is 8. The highest BCUT2D eigenvalue weighted by atomic mass is 33.1. The lowest BCUT2D eigenvalue weighted by Crippen LogP contribution is -2.45. The summed E-state index contributed by atoms with van der Waals surface area (Å²) in [6, 6.07) is 23.2. The lowest BCUT2D eigenvalue weighted by atomic mass is 10.1. The number of esters is 4. The van der Waals surface area contributed by atoms with Crippen LogP contribution < -0.4 is 39.1 Å². The summed E-state index contributed by atoms with van der Waals surface area (Å²) in [4.78, 5) is 95.3. The van der Waals surface area contributed by atoms with E-state index >= 15 is 0 Å². The van der Waals surface area contributed by atoms with E-state index in [2.05, 4.69) is 37.3 Å². The van der Waals surface area contributed by atoms with Crippen molar-refractivity contribution in [3.8, 4) is 34.5 Å². The van der Waals surface area contributed by atoms with E-state index in [0.29, 0.717) is 186 Å². The van der Waals surface area contributed by atoms with E-state index in [1.807, 2.05) is 128 Å². The minimum absolute atomic E-state index is 0.0109. The molecule has 1 aromatic heterocycles. The molecule has 1 saturated heterocycles. The molecule has 40 nitrogen and oxygen atoms in total. The molecule has 0 bridgehead atoms. The van der Waals surface area contributed by atoms with Gasteiger partial charge in [-0.15, -0.1) is 16.9 Å². The number of amides is 3. The lowest BCUT2D eigenvalue weighted by Gasteiger charge is -2.28.